The fourth-order valence-corrected chi connectivity index (χ4v) is 4.39. The van der Waals surface area contributed by atoms with Crippen molar-refractivity contribution < 1.29 is 14.3 Å². The van der Waals surface area contributed by atoms with E-state index in [4.69, 9.17) is 4.74 Å². The molecule has 5 nitrogen and oxygen atoms in total. The van der Waals surface area contributed by atoms with Gasteiger partial charge >= 0.3 is 0 Å². The number of ether oxygens (including phenoxy) is 1. The van der Waals surface area contributed by atoms with E-state index in [1.807, 2.05) is 23.1 Å². The van der Waals surface area contributed by atoms with E-state index in [-0.39, 0.29) is 18.4 Å². The molecule has 1 aromatic rings. The molecule has 3 rings (SSSR count). The van der Waals surface area contributed by atoms with E-state index in [9.17, 15) is 9.59 Å². The topological polar surface area (TPSA) is 49.9 Å². The second-order valence-corrected chi connectivity index (χ2v) is 8.53. The average Bonchev–Trinajstić information content (AvgIpc) is 3.06. The van der Waals surface area contributed by atoms with Crippen LogP contribution in [0.25, 0.3) is 0 Å². The van der Waals surface area contributed by atoms with E-state index >= 15 is 0 Å². The average molecular weight is 401 g/mol. The second-order valence-electron chi connectivity index (χ2n) is 8.53. The first-order valence-electron chi connectivity index (χ1n) is 11.4. The molecule has 29 heavy (non-hydrogen) atoms. The summed E-state index contributed by atoms with van der Waals surface area (Å²) >= 11 is 0. The van der Waals surface area contributed by atoms with Gasteiger partial charge in [-0.2, -0.15) is 0 Å². The van der Waals surface area contributed by atoms with Gasteiger partial charge in [-0.15, -0.1) is 0 Å². The number of carbonyl (C=O) groups excluding carboxylic acids is 2. The van der Waals surface area contributed by atoms with Crippen LogP contribution in [0, 0.1) is 5.92 Å². The summed E-state index contributed by atoms with van der Waals surface area (Å²) in [6, 6.07) is 7.99. The summed E-state index contributed by atoms with van der Waals surface area (Å²) in [4.78, 5) is 29.4. The minimum Gasteiger partial charge on any atom is -0.483 e. The molecule has 2 aliphatic heterocycles. The summed E-state index contributed by atoms with van der Waals surface area (Å²) in [5.41, 5.74) is 1.16. The molecule has 0 radical (unpaired) electrons. The number of hydrogen-bond donors (Lipinski definition) is 0. The third-order valence-electron chi connectivity index (χ3n) is 6.53. The lowest BCUT2D eigenvalue weighted by Gasteiger charge is -2.34. The predicted molar refractivity (Wildman–Crippen MR) is 115 cm³/mol. The Hall–Kier alpha value is -2.04. The first-order valence-corrected chi connectivity index (χ1v) is 11.4. The number of hydrogen-bond acceptors (Lipinski definition) is 3. The van der Waals surface area contributed by atoms with Crippen LogP contribution in [-0.2, 0) is 9.59 Å². The molecule has 2 heterocycles. The predicted octanol–water partition coefficient (Wildman–Crippen LogP) is 4.22. The molecule has 5 heteroatoms. The number of rotatable bonds is 6. The molecule has 2 saturated heterocycles. The Morgan fingerprint density at radius 3 is 2.31 bits per heavy atom. The Morgan fingerprint density at radius 1 is 1.00 bits per heavy atom. The maximum absolute atomic E-state index is 12.8. The normalized spacial score (nSPS) is 19.5. The van der Waals surface area contributed by atoms with Crippen LogP contribution in [0.3, 0.4) is 0 Å². The first-order chi connectivity index (χ1) is 14.1. The maximum Gasteiger partial charge on any atom is 0.260 e. The number of likely N-dealkylation sites (tertiary alicyclic amines) is 2. The number of para-hydroxylation sites is 1. The van der Waals surface area contributed by atoms with Crippen molar-refractivity contribution in [1.29, 1.82) is 0 Å². The molecular weight excluding hydrogens is 364 g/mol. The molecule has 2 aliphatic rings. The lowest BCUT2D eigenvalue weighted by atomic mass is 9.95. The van der Waals surface area contributed by atoms with Crippen molar-refractivity contribution in [3.05, 3.63) is 29.8 Å². The molecule has 0 aliphatic carbocycles. The second kappa shape index (κ2) is 10.7. The number of nitrogens with zero attached hydrogens (tertiary/aromatic N) is 2. The van der Waals surface area contributed by atoms with E-state index in [0.29, 0.717) is 24.9 Å². The van der Waals surface area contributed by atoms with Gasteiger partial charge in [-0.1, -0.05) is 44.9 Å². The highest BCUT2D eigenvalue weighted by molar-refractivity contribution is 5.80. The molecule has 2 amide bonds. The zero-order chi connectivity index (χ0) is 20.6. The van der Waals surface area contributed by atoms with Crippen LogP contribution in [0.1, 0.15) is 70.3 Å². The summed E-state index contributed by atoms with van der Waals surface area (Å²) in [5, 5.41) is 0. The molecule has 1 aromatic carbocycles. The summed E-state index contributed by atoms with van der Waals surface area (Å²) in [7, 11) is 0. The smallest absolute Gasteiger partial charge is 0.260 e. The molecular formula is C24H36N2O3. The van der Waals surface area contributed by atoms with Crippen LogP contribution in [-0.4, -0.2) is 54.4 Å². The standard InChI is InChI=1S/C24H36N2O3/c1-3-19(2)21-10-6-7-11-22(21)29-18-23(27)25-16-12-20(13-17-25)24(28)26-14-8-4-5-9-15-26/h6-7,10-11,19-20H,3-5,8-9,12-18H2,1-2H3. The van der Waals surface area contributed by atoms with Crippen LogP contribution in [0.4, 0.5) is 0 Å². The highest BCUT2D eigenvalue weighted by atomic mass is 16.5. The van der Waals surface area contributed by atoms with Gasteiger partial charge in [0, 0.05) is 32.1 Å². The van der Waals surface area contributed by atoms with Crippen molar-refractivity contribution in [2.24, 2.45) is 5.92 Å². The molecule has 2 fully saturated rings. The largest absolute Gasteiger partial charge is 0.483 e. The summed E-state index contributed by atoms with van der Waals surface area (Å²) in [6.45, 7) is 7.51. The fourth-order valence-electron chi connectivity index (χ4n) is 4.39. The van der Waals surface area contributed by atoms with Gasteiger partial charge in [0.25, 0.3) is 5.91 Å². The van der Waals surface area contributed by atoms with Gasteiger partial charge < -0.3 is 14.5 Å². The Kier molecular flexibility index (Phi) is 7.96. The van der Waals surface area contributed by atoms with Crippen molar-refractivity contribution in [3.8, 4) is 5.75 Å². The Labute approximate surface area is 175 Å². The Bertz CT molecular complexity index is 674. The molecule has 0 aromatic heterocycles. The molecule has 1 unspecified atom stereocenters. The monoisotopic (exact) mass is 400 g/mol. The van der Waals surface area contributed by atoms with Crippen molar-refractivity contribution in [2.45, 2.75) is 64.7 Å². The third kappa shape index (κ3) is 5.74. The highest BCUT2D eigenvalue weighted by Gasteiger charge is 2.30. The van der Waals surface area contributed by atoms with Crippen molar-refractivity contribution >= 4 is 11.8 Å². The number of piperidine rings is 1. The van der Waals surface area contributed by atoms with Crippen molar-refractivity contribution in [1.82, 2.24) is 9.80 Å². The fraction of sp³-hybridized carbons (Fsp3) is 0.667. The number of benzene rings is 1. The summed E-state index contributed by atoms with van der Waals surface area (Å²) in [6.07, 6.45) is 7.28. The van der Waals surface area contributed by atoms with Gasteiger partial charge in [-0.05, 0) is 49.7 Å². The minimum atomic E-state index is 0.0182. The maximum atomic E-state index is 12.8. The Morgan fingerprint density at radius 2 is 1.66 bits per heavy atom. The molecule has 0 N–H and O–H groups in total. The van der Waals surface area contributed by atoms with Gasteiger partial charge in [0.1, 0.15) is 5.75 Å². The van der Waals surface area contributed by atoms with Crippen LogP contribution in [0.15, 0.2) is 24.3 Å². The van der Waals surface area contributed by atoms with Crippen LogP contribution >= 0.6 is 0 Å². The van der Waals surface area contributed by atoms with E-state index < -0.39 is 0 Å². The molecule has 1 atom stereocenters. The molecule has 0 saturated carbocycles. The third-order valence-corrected chi connectivity index (χ3v) is 6.53. The SMILES string of the molecule is CCC(C)c1ccccc1OCC(=O)N1CCC(C(=O)N2CCCCCC2)CC1. The van der Waals surface area contributed by atoms with Crippen LogP contribution in [0.5, 0.6) is 5.75 Å². The van der Waals surface area contributed by atoms with Crippen LogP contribution < -0.4 is 4.74 Å². The molecule has 0 spiro atoms. The van der Waals surface area contributed by atoms with Gasteiger partial charge in [-0.3, -0.25) is 9.59 Å². The van der Waals surface area contributed by atoms with Gasteiger partial charge in [-0.25, -0.2) is 0 Å². The zero-order valence-electron chi connectivity index (χ0n) is 18.1. The molecule has 0 bridgehead atoms. The lowest BCUT2D eigenvalue weighted by Crippen LogP contribution is -2.45. The Balaban J connectivity index is 1.47. The first kappa shape index (κ1) is 21.7. The van der Waals surface area contributed by atoms with E-state index in [0.717, 1.165) is 56.5 Å². The van der Waals surface area contributed by atoms with Crippen LogP contribution in [0.2, 0.25) is 0 Å². The lowest BCUT2D eigenvalue weighted by molar-refractivity contribution is -0.141. The number of amides is 2. The van der Waals surface area contributed by atoms with Gasteiger partial charge in [0.05, 0.1) is 0 Å². The zero-order valence-corrected chi connectivity index (χ0v) is 18.1. The molecule has 160 valence electrons. The van der Waals surface area contributed by atoms with E-state index in [1.165, 1.54) is 12.8 Å². The summed E-state index contributed by atoms with van der Waals surface area (Å²) < 4.78 is 5.89. The van der Waals surface area contributed by atoms with E-state index in [1.54, 1.807) is 0 Å². The highest BCUT2D eigenvalue weighted by Crippen LogP contribution is 2.28. The van der Waals surface area contributed by atoms with Gasteiger partial charge in [0.15, 0.2) is 6.61 Å². The van der Waals surface area contributed by atoms with E-state index in [2.05, 4.69) is 24.8 Å². The van der Waals surface area contributed by atoms with Gasteiger partial charge in [0.2, 0.25) is 5.91 Å². The quantitative estimate of drug-likeness (QED) is 0.718. The number of carbonyl (C=O) groups is 2. The minimum absolute atomic E-state index is 0.0182. The van der Waals surface area contributed by atoms with Crippen molar-refractivity contribution in [2.75, 3.05) is 32.8 Å². The summed E-state index contributed by atoms with van der Waals surface area (Å²) in [5.74, 6) is 1.61. The van der Waals surface area contributed by atoms with Crippen molar-refractivity contribution in [3.63, 3.8) is 0 Å².